The molecule has 0 saturated carbocycles. The maximum atomic E-state index is 12.0. The van der Waals surface area contributed by atoms with Gasteiger partial charge in [0.15, 0.2) is 5.82 Å². The first-order chi connectivity index (χ1) is 9.73. The Balaban J connectivity index is 2.90. The van der Waals surface area contributed by atoms with E-state index in [1.54, 1.807) is 6.92 Å². The summed E-state index contributed by atoms with van der Waals surface area (Å²) < 4.78 is 0. The summed E-state index contributed by atoms with van der Waals surface area (Å²) in [5, 5.41) is 14.0. The van der Waals surface area contributed by atoms with E-state index in [0.29, 0.717) is 23.8 Å². The Labute approximate surface area is 130 Å². The minimum absolute atomic E-state index is 0.0994. The van der Waals surface area contributed by atoms with Gasteiger partial charge in [-0.3, -0.25) is 4.79 Å². The van der Waals surface area contributed by atoms with Crippen molar-refractivity contribution in [2.75, 3.05) is 11.9 Å². The summed E-state index contributed by atoms with van der Waals surface area (Å²) in [4.78, 5) is 12.2. The van der Waals surface area contributed by atoms with Crippen LogP contribution >= 0.6 is 12.2 Å². The van der Waals surface area contributed by atoms with Crippen molar-refractivity contribution in [2.24, 2.45) is 11.7 Å². The Morgan fingerprint density at radius 1 is 1.29 bits per heavy atom. The molecule has 116 valence electrons. The van der Waals surface area contributed by atoms with Crippen LogP contribution in [0.15, 0.2) is 0 Å². The van der Waals surface area contributed by atoms with E-state index in [1.807, 2.05) is 27.7 Å². The average molecular weight is 309 g/mol. The lowest BCUT2D eigenvalue weighted by Crippen LogP contribution is -2.40. The SMILES string of the molecule is Cc1nnc(NC(C)C(=O)NCC(C)C)c(C(N)=S)c1C. The van der Waals surface area contributed by atoms with Crippen molar-refractivity contribution in [3.05, 3.63) is 16.8 Å². The molecular formula is C14H23N5OS. The second-order valence-corrected chi connectivity index (χ2v) is 5.94. The van der Waals surface area contributed by atoms with Gasteiger partial charge in [0.05, 0.1) is 11.3 Å². The van der Waals surface area contributed by atoms with E-state index in [0.717, 1.165) is 11.3 Å². The first-order valence-corrected chi connectivity index (χ1v) is 7.32. The number of nitrogens with zero attached hydrogens (tertiary/aromatic N) is 2. The van der Waals surface area contributed by atoms with E-state index < -0.39 is 6.04 Å². The maximum Gasteiger partial charge on any atom is 0.242 e. The first-order valence-electron chi connectivity index (χ1n) is 6.92. The minimum Gasteiger partial charge on any atom is -0.389 e. The number of anilines is 1. The molecule has 0 spiro atoms. The Bertz CT molecular complexity index is 544. The number of carbonyl (C=O) groups is 1. The lowest BCUT2D eigenvalue weighted by atomic mass is 10.1. The van der Waals surface area contributed by atoms with E-state index in [-0.39, 0.29) is 10.9 Å². The van der Waals surface area contributed by atoms with Gasteiger partial charge in [0.1, 0.15) is 11.0 Å². The number of thiocarbonyl (C=S) groups is 1. The third-order valence-electron chi connectivity index (χ3n) is 3.13. The molecule has 1 heterocycles. The van der Waals surface area contributed by atoms with Gasteiger partial charge in [-0.25, -0.2) is 0 Å². The van der Waals surface area contributed by atoms with Gasteiger partial charge < -0.3 is 16.4 Å². The average Bonchev–Trinajstić information content (AvgIpc) is 2.39. The summed E-state index contributed by atoms with van der Waals surface area (Å²) in [7, 11) is 0. The first kappa shape index (κ1) is 17.3. The predicted octanol–water partition coefficient (Wildman–Crippen LogP) is 1.30. The quantitative estimate of drug-likeness (QED) is 0.686. The molecule has 0 aliphatic rings. The number of hydrogen-bond donors (Lipinski definition) is 3. The van der Waals surface area contributed by atoms with Crippen molar-refractivity contribution in [3.8, 4) is 0 Å². The number of aryl methyl sites for hydroxylation is 1. The largest absolute Gasteiger partial charge is 0.389 e. The molecule has 0 saturated heterocycles. The molecule has 1 aromatic rings. The van der Waals surface area contributed by atoms with E-state index in [4.69, 9.17) is 18.0 Å². The molecule has 7 heteroatoms. The van der Waals surface area contributed by atoms with E-state index >= 15 is 0 Å². The van der Waals surface area contributed by atoms with Crippen LogP contribution in [0.1, 0.15) is 37.6 Å². The van der Waals surface area contributed by atoms with Crippen molar-refractivity contribution in [3.63, 3.8) is 0 Å². The van der Waals surface area contributed by atoms with Crippen LogP contribution in [-0.2, 0) is 4.79 Å². The van der Waals surface area contributed by atoms with Gasteiger partial charge in [0, 0.05) is 6.54 Å². The van der Waals surface area contributed by atoms with Gasteiger partial charge in [-0.2, -0.15) is 5.10 Å². The molecule has 0 radical (unpaired) electrons. The molecular weight excluding hydrogens is 286 g/mol. The highest BCUT2D eigenvalue weighted by Gasteiger charge is 2.18. The molecule has 1 unspecified atom stereocenters. The van der Waals surface area contributed by atoms with Crippen molar-refractivity contribution in [1.29, 1.82) is 0 Å². The Morgan fingerprint density at radius 3 is 2.43 bits per heavy atom. The Morgan fingerprint density at radius 2 is 1.90 bits per heavy atom. The van der Waals surface area contributed by atoms with Crippen LogP contribution in [0.5, 0.6) is 0 Å². The van der Waals surface area contributed by atoms with Crippen LogP contribution < -0.4 is 16.4 Å². The highest BCUT2D eigenvalue weighted by Crippen LogP contribution is 2.19. The fourth-order valence-corrected chi connectivity index (χ4v) is 1.99. The number of carbonyl (C=O) groups excluding carboxylic acids is 1. The molecule has 0 bridgehead atoms. The van der Waals surface area contributed by atoms with Gasteiger partial charge in [-0.1, -0.05) is 26.1 Å². The number of hydrogen-bond acceptors (Lipinski definition) is 5. The summed E-state index contributed by atoms with van der Waals surface area (Å²) in [6, 6.07) is -0.451. The molecule has 1 amide bonds. The molecule has 0 aromatic carbocycles. The molecule has 6 nitrogen and oxygen atoms in total. The summed E-state index contributed by atoms with van der Waals surface area (Å²) in [5.74, 6) is 0.741. The summed E-state index contributed by atoms with van der Waals surface area (Å²) in [6.45, 7) is 10.2. The number of nitrogens with one attached hydrogen (secondary N) is 2. The topological polar surface area (TPSA) is 92.9 Å². The summed E-state index contributed by atoms with van der Waals surface area (Å²) >= 11 is 5.07. The monoisotopic (exact) mass is 309 g/mol. The third-order valence-corrected chi connectivity index (χ3v) is 3.34. The minimum atomic E-state index is -0.451. The second-order valence-electron chi connectivity index (χ2n) is 5.50. The van der Waals surface area contributed by atoms with Crippen LogP contribution in [0, 0.1) is 19.8 Å². The lowest BCUT2D eigenvalue weighted by molar-refractivity contribution is -0.121. The van der Waals surface area contributed by atoms with Crippen LogP contribution in [-0.4, -0.2) is 33.7 Å². The van der Waals surface area contributed by atoms with Crippen molar-refractivity contribution in [2.45, 2.75) is 40.7 Å². The smallest absolute Gasteiger partial charge is 0.242 e. The van der Waals surface area contributed by atoms with Crippen molar-refractivity contribution >= 4 is 28.9 Å². The van der Waals surface area contributed by atoms with Crippen molar-refractivity contribution < 1.29 is 4.79 Å². The summed E-state index contributed by atoms with van der Waals surface area (Å²) in [6.07, 6.45) is 0. The van der Waals surface area contributed by atoms with Gasteiger partial charge in [-0.15, -0.1) is 5.10 Å². The van der Waals surface area contributed by atoms with Gasteiger partial charge in [0.25, 0.3) is 0 Å². The van der Waals surface area contributed by atoms with Crippen LogP contribution in [0.2, 0.25) is 0 Å². The zero-order valence-corrected chi connectivity index (χ0v) is 14.0. The number of nitrogens with two attached hydrogens (primary N) is 1. The predicted molar refractivity (Wildman–Crippen MR) is 88.3 cm³/mol. The standard InChI is InChI=1S/C14H23N5OS/c1-7(2)6-16-14(20)10(5)17-13-11(12(15)21)8(3)9(4)18-19-13/h7,10H,6H2,1-5H3,(H2,15,21)(H,16,20)(H,17,19). The number of aromatic nitrogens is 2. The third kappa shape index (κ3) is 4.63. The van der Waals surface area contributed by atoms with Crippen LogP contribution in [0.4, 0.5) is 5.82 Å². The van der Waals surface area contributed by atoms with Gasteiger partial charge in [-0.05, 0) is 32.3 Å². The van der Waals surface area contributed by atoms with Crippen molar-refractivity contribution in [1.82, 2.24) is 15.5 Å². The normalized spacial score (nSPS) is 12.1. The number of rotatable bonds is 6. The fourth-order valence-electron chi connectivity index (χ4n) is 1.74. The second kappa shape index (κ2) is 7.31. The van der Waals surface area contributed by atoms with E-state index in [9.17, 15) is 4.79 Å². The molecule has 21 heavy (non-hydrogen) atoms. The molecule has 1 aromatic heterocycles. The highest BCUT2D eigenvalue weighted by atomic mass is 32.1. The fraction of sp³-hybridized carbons (Fsp3) is 0.571. The Kier molecular flexibility index (Phi) is 6.02. The van der Waals surface area contributed by atoms with E-state index in [1.165, 1.54) is 0 Å². The molecule has 1 rings (SSSR count). The number of amides is 1. The molecule has 1 atom stereocenters. The lowest BCUT2D eigenvalue weighted by Gasteiger charge is -2.18. The maximum absolute atomic E-state index is 12.0. The van der Waals surface area contributed by atoms with Gasteiger partial charge >= 0.3 is 0 Å². The molecule has 0 fully saturated rings. The Hall–Kier alpha value is -1.76. The molecule has 0 aliphatic heterocycles. The zero-order chi connectivity index (χ0) is 16.2. The molecule has 0 aliphatic carbocycles. The molecule has 4 N–H and O–H groups in total. The van der Waals surface area contributed by atoms with E-state index in [2.05, 4.69) is 20.8 Å². The summed E-state index contributed by atoms with van der Waals surface area (Å²) in [5.41, 5.74) is 8.03. The van der Waals surface area contributed by atoms with Crippen LogP contribution in [0.25, 0.3) is 0 Å². The van der Waals surface area contributed by atoms with Crippen LogP contribution in [0.3, 0.4) is 0 Å². The zero-order valence-electron chi connectivity index (χ0n) is 13.2. The van der Waals surface area contributed by atoms with Gasteiger partial charge in [0.2, 0.25) is 5.91 Å². The highest BCUT2D eigenvalue weighted by molar-refractivity contribution is 7.80.